The molecule has 1 aliphatic heterocycles. The number of carbonyl (C=O) groups excluding carboxylic acids is 2. The van der Waals surface area contributed by atoms with Gasteiger partial charge in [-0.3, -0.25) is 9.59 Å². The second-order valence-corrected chi connectivity index (χ2v) is 4.57. The molecular weight excluding hydrogens is 254 g/mol. The second kappa shape index (κ2) is 9.16. The number of nitrogens with one attached hydrogen (secondary N) is 3. The van der Waals surface area contributed by atoms with Crippen LogP contribution >= 0.6 is 12.4 Å². The van der Waals surface area contributed by atoms with E-state index in [1.807, 2.05) is 13.8 Å². The Kier molecular flexibility index (Phi) is 8.75. The minimum atomic E-state index is -0.0624. The maximum Gasteiger partial charge on any atom is 0.237 e. The van der Waals surface area contributed by atoms with Crippen molar-refractivity contribution in [1.29, 1.82) is 0 Å². The lowest BCUT2D eigenvalue weighted by molar-refractivity contribution is -0.123. The van der Waals surface area contributed by atoms with Crippen molar-refractivity contribution in [2.45, 2.75) is 51.6 Å². The first kappa shape index (κ1) is 17.2. The third-order valence-electron chi connectivity index (χ3n) is 3.05. The predicted octanol–water partition coefficient (Wildman–Crippen LogP) is 0.581. The molecule has 1 heterocycles. The molecule has 0 aliphatic carbocycles. The molecule has 106 valence electrons. The molecule has 1 saturated heterocycles. The maximum absolute atomic E-state index is 11.6. The molecule has 6 heteroatoms. The molecule has 1 rings (SSSR count). The fourth-order valence-electron chi connectivity index (χ4n) is 1.78. The third kappa shape index (κ3) is 6.21. The van der Waals surface area contributed by atoms with Gasteiger partial charge in [-0.15, -0.1) is 12.4 Å². The molecule has 18 heavy (non-hydrogen) atoms. The van der Waals surface area contributed by atoms with Crippen molar-refractivity contribution in [3.63, 3.8) is 0 Å². The highest BCUT2D eigenvalue weighted by atomic mass is 35.5. The molecule has 0 aromatic rings. The first-order valence-corrected chi connectivity index (χ1v) is 6.44. The van der Waals surface area contributed by atoms with Crippen LogP contribution in [-0.2, 0) is 9.59 Å². The van der Waals surface area contributed by atoms with Gasteiger partial charge >= 0.3 is 0 Å². The van der Waals surface area contributed by atoms with Crippen molar-refractivity contribution in [2.24, 2.45) is 0 Å². The summed E-state index contributed by atoms with van der Waals surface area (Å²) >= 11 is 0. The van der Waals surface area contributed by atoms with Gasteiger partial charge in [0.05, 0.1) is 6.04 Å². The van der Waals surface area contributed by atoms with Crippen molar-refractivity contribution in [1.82, 2.24) is 16.0 Å². The molecule has 1 aliphatic rings. The fraction of sp³-hybridized carbons (Fsp3) is 0.833. The van der Waals surface area contributed by atoms with Gasteiger partial charge in [0.15, 0.2) is 0 Å². The van der Waals surface area contributed by atoms with Gasteiger partial charge in [-0.05, 0) is 32.7 Å². The Bertz CT molecular complexity index is 268. The zero-order valence-electron chi connectivity index (χ0n) is 11.1. The zero-order valence-corrected chi connectivity index (χ0v) is 11.9. The van der Waals surface area contributed by atoms with Gasteiger partial charge in [-0.1, -0.05) is 6.92 Å². The standard InChI is InChI=1S/C12H23N3O2.ClH/c1-3-9(2)15-11(16)6-8-14-12(17)10-5-4-7-13-10;/h9-10,13H,3-8H2,1-2H3,(H,14,17)(H,15,16);1H. The minimum absolute atomic E-state index is 0. The fourth-order valence-corrected chi connectivity index (χ4v) is 1.78. The molecule has 3 N–H and O–H groups in total. The first-order valence-electron chi connectivity index (χ1n) is 6.44. The van der Waals surface area contributed by atoms with Crippen molar-refractivity contribution in [3.05, 3.63) is 0 Å². The van der Waals surface area contributed by atoms with E-state index in [1.54, 1.807) is 0 Å². The summed E-state index contributed by atoms with van der Waals surface area (Å²) in [7, 11) is 0. The molecule has 0 aromatic carbocycles. The molecule has 0 spiro atoms. The van der Waals surface area contributed by atoms with Gasteiger partial charge in [0, 0.05) is 19.0 Å². The molecule has 0 aromatic heterocycles. The summed E-state index contributed by atoms with van der Waals surface area (Å²) in [5.41, 5.74) is 0. The Morgan fingerprint density at radius 1 is 1.44 bits per heavy atom. The smallest absolute Gasteiger partial charge is 0.237 e. The van der Waals surface area contributed by atoms with Crippen molar-refractivity contribution in [2.75, 3.05) is 13.1 Å². The third-order valence-corrected chi connectivity index (χ3v) is 3.05. The van der Waals surface area contributed by atoms with E-state index in [9.17, 15) is 9.59 Å². The summed E-state index contributed by atoms with van der Waals surface area (Å²) < 4.78 is 0. The molecule has 0 radical (unpaired) electrons. The Balaban J connectivity index is 0.00000289. The predicted molar refractivity (Wildman–Crippen MR) is 73.8 cm³/mol. The largest absolute Gasteiger partial charge is 0.354 e. The lowest BCUT2D eigenvalue weighted by Crippen LogP contribution is -2.42. The van der Waals surface area contributed by atoms with E-state index >= 15 is 0 Å². The van der Waals surface area contributed by atoms with E-state index in [4.69, 9.17) is 0 Å². The topological polar surface area (TPSA) is 70.2 Å². The molecule has 2 amide bonds. The highest BCUT2D eigenvalue weighted by Gasteiger charge is 2.21. The van der Waals surface area contributed by atoms with E-state index in [0.29, 0.717) is 13.0 Å². The molecular formula is C12H24ClN3O2. The average Bonchev–Trinajstić information content (AvgIpc) is 2.82. The van der Waals surface area contributed by atoms with E-state index in [-0.39, 0.29) is 36.3 Å². The van der Waals surface area contributed by atoms with Crippen LogP contribution in [0, 0.1) is 0 Å². The summed E-state index contributed by atoms with van der Waals surface area (Å²) in [6.45, 7) is 5.32. The summed E-state index contributed by atoms with van der Waals surface area (Å²) in [5.74, 6) is 0.0119. The SMILES string of the molecule is CCC(C)NC(=O)CCNC(=O)C1CCCN1.Cl. The zero-order chi connectivity index (χ0) is 12.7. The van der Waals surface area contributed by atoms with Gasteiger partial charge in [-0.2, -0.15) is 0 Å². The van der Waals surface area contributed by atoms with Gasteiger partial charge < -0.3 is 16.0 Å². The van der Waals surface area contributed by atoms with Crippen molar-refractivity contribution >= 4 is 24.2 Å². The van der Waals surface area contributed by atoms with Crippen LogP contribution in [0.4, 0.5) is 0 Å². The highest BCUT2D eigenvalue weighted by Crippen LogP contribution is 2.04. The van der Waals surface area contributed by atoms with Crippen LogP contribution in [0.2, 0.25) is 0 Å². The normalized spacial score (nSPS) is 19.8. The number of hydrogen-bond donors (Lipinski definition) is 3. The number of hydrogen-bond acceptors (Lipinski definition) is 3. The van der Waals surface area contributed by atoms with Crippen LogP contribution in [0.5, 0.6) is 0 Å². The van der Waals surface area contributed by atoms with Crippen molar-refractivity contribution < 1.29 is 9.59 Å². The van der Waals surface area contributed by atoms with Gasteiger partial charge in [0.2, 0.25) is 11.8 Å². The summed E-state index contributed by atoms with van der Waals surface area (Å²) in [4.78, 5) is 23.0. The van der Waals surface area contributed by atoms with E-state index in [1.165, 1.54) is 0 Å². The Morgan fingerprint density at radius 2 is 2.17 bits per heavy atom. The van der Waals surface area contributed by atoms with Crippen LogP contribution in [0.1, 0.15) is 39.5 Å². The van der Waals surface area contributed by atoms with Crippen LogP contribution < -0.4 is 16.0 Å². The lowest BCUT2D eigenvalue weighted by atomic mass is 10.2. The molecule has 0 bridgehead atoms. The summed E-state index contributed by atoms with van der Waals surface area (Å²) in [6, 6.07) is 0.141. The van der Waals surface area contributed by atoms with E-state index in [2.05, 4.69) is 16.0 Å². The van der Waals surface area contributed by atoms with Crippen LogP contribution in [0.15, 0.2) is 0 Å². The van der Waals surface area contributed by atoms with Gasteiger partial charge in [0.25, 0.3) is 0 Å². The number of carbonyl (C=O) groups is 2. The van der Waals surface area contributed by atoms with Crippen LogP contribution in [0.25, 0.3) is 0 Å². The summed E-state index contributed by atoms with van der Waals surface area (Å²) in [5, 5.41) is 8.77. The first-order chi connectivity index (χ1) is 8.13. The van der Waals surface area contributed by atoms with Gasteiger partial charge in [-0.25, -0.2) is 0 Å². The molecule has 2 unspecified atom stereocenters. The van der Waals surface area contributed by atoms with E-state index < -0.39 is 0 Å². The molecule has 2 atom stereocenters. The monoisotopic (exact) mass is 277 g/mol. The summed E-state index contributed by atoms with van der Waals surface area (Å²) in [6.07, 6.45) is 3.21. The lowest BCUT2D eigenvalue weighted by Gasteiger charge is -2.13. The quantitative estimate of drug-likeness (QED) is 0.665. The van der Waals surface area contributed by atoms with Crippen LogP contribution in [0.3, 0.4) is 0 Å². The van der Waals surface area contributed by atoms with Crippen LogP contribution in [-0.4, -0.2) is 37.0 Å². The van der Waals surface area contributed by atoms with Gasteiger partial charge in [0.1, 0.15) is 0 Å². The number of amides is 2. The minimum Gasteiger partial charge on any atom is -0.354 e. The Hall–Kier alpha value is -0.810. The molecule has 1 fully saturated rings. The number of rotatable bonds is 6. The van der Waals surface area contributed by atoms with E-state index in [0.717, 1.165) is 25.8 Å². The molecule has 0 saturated carbocycles. The maximum atomic E-state index is 11.6. The Labute approximate surface area is 115 Å². The number of halogens is 1. The highest BCUT2D eigenvalue weighted by molar-refractivity contribution is 5.85. The second-order valence-electron chi connectivity index (χ2n) is 4.57. The molecule has 5 nitrogen and oxygen atoms in total. The van der Waals surface area contributed by atoms with Crippen molar-refractivity contribution in [3.8, 4) is 0 Å². The average molecular weight is 278 g/mol. The Morgan fingerprint density at radius 3 is 2.72 bits per heavy atom.